The molecule has 3 rings (SSSR count). The van der Waals surface area contributed by atoms with Gasteiger partial charge in [0, 0.05) is 5.41 Å². The van der Waals surface area contributed by atoms with Crippen LogP contribution in [-0.4, -0.2) is 34.5 Å². The average molecular weight is 266 g/mol. The summed E-state index contributed by atoms with van der Waals surface area (Å²) in [6, 6.07) is 0. The molecule has 2 aliphatic carbocycles. The van der Waals surface area contributed by atoms with E-state index in [0.717, 1.165) is 5.57 Å². The number of fused-ring (bicyclic) bond motifs is 1. The predicted molar refractivity (Wildman–Crippen MR) is 69.2 cm³/mol. The van der Waals surface area contributed by atoms with Gasteiger partial charge in [-0.15, -0.1) is 0 Å². The second kappa shape index (κ2) is 3.83. The fourth-order valence-electron chi connectivity index (χ4n) is 4.58. The van der Waals surface area contributed by atoms with Gasteiger partial charge in [-0.3, -0.25) is 4.79 Å². The Bertz CT molecular complexity index is 445. The van der Waals surface area contributed by atoms with Crippen LogP contribution in [0, 0.1) is 16.7 Å². The Morgan fingerprint density at radius 3 is 2.79 bits per heavy atom. The van der Waals surface area contributed by atoms with Crippen LogP contribution in [0.25, 0.3) is 0 Å². The highest BCUT2D eigenvalue weighted by molar-refractivity contribution is 5.82. The molecule has 0 radical (unpaired) electrons. The van der Waals surface area contributed by atoms with Gasteiger partial charge in [-0.25, -0.2) is 0 Å². The fraction of sp³-hybridized carbons (Fsp3) is 0.800. The Labute approximate surface area is 113 Å². The first-order chi connectivity index (χ1) is 8.83. The van der Waals surface area contributed by atoms with Crippen LogP contribution in [0.1, 0.15) is 39.5 Å². The van der Waals surface area contributed by atoms with Gasteiger partial charge in [0.25, 0.3) is 0 Å². The number of aliphatic hydroxyl groups is 2. The molecule has 4 nitrogen and oxygen atoms in total. The van der Waals surface area contributed by atoms with E-state index < -0.39 is 29.1 Å². The summed E-state index contributed by atoms with van der Waals surface area (Å²) >= 11 is 0. The van der Waals surface area contributed by atoms with Crippen LogP contribution in [0.4, 0.5) is 0 Å². The normalized spacial score (nSPS) is 52.5. The number of carbonyl (C=O) groups excluding carboxylic acids is 1. The zero-order chi connectivity index (χ0) is 14.0. The molecule has 4 heteroatoms. The van der Waals surface area contributed by atoms with Gasteiger partial charge in [0.1, 0.15) is 17.6 Å². The van der Waals surface area contributed by atoms with E-state index in [2.05, 4.69) is 6.58 Å². The second-order valence-corrected chi connectivity index (χ2v) is 6.81. The molecule has 1 saturated heterocycles. The van der Waals surface area contributed by atoms with Crippen LogP contribution < -0.4 is 0 Å². The Kier molecular flexibility index (Phi) is 2.64. The van der Waals surface area contributed by atoms with Gasteiger partial charge in [0.05, 0.1) is 6.10 Å². The number of aliphatic hydroxyl groups excluding tert-OH is 2. The maximum Gasteiger partial charge on any atom is 0.315 e. The molecule has 3 fully saturated rings. The highest BCUT2D eigenvalue weighted by Crippen LogP contribution is 2.64. The van der Waals surface area contributed by atoms with Crippen molar-refractivity contribution >= 4 is 5.97 Å². The van der Waals surface area contributed by atoms with Crippen LogP contribution in [-0.2, 0) is 9.53 Å². The van der Waals surface area contributed by atoms with E-state index in [1.54, 1.807) is 0 Å². The van der Waals surface area contributed by atoms with E-state index in [4.69, 9.17) is 4.74 Å². The van der Waals surface area contributed by atoms with Crippen LogP contribution >= 0.6 is 0 Å². The molecule has 0 aromatic heterocycles. The third-order valence-corrected chi connectivity index (χ3v) is 5.93. The van der Waals surface area contributed by atoms with Gasteiger partial charge in [-0.1, -0.05) is 19.1 Å². The van der Waals surface area contributed by atoms with Crippen molar-refractivity contribution in [1.82, 2.24) is 0 Å². The minimum Gasteiger partial charge on any atom is -0.459 e. The number of carbonyl (C=O) groups is 1. The van der Waals surface area contributed by atoms with Gasteiger partial charge in [0.2, 0.25) is 0 Å². The summed E-state index contributed by atoms with van der Waals surface area (Å²) < 4.78 is 5.43. The van der Waals surface area contributed by atoms with E-state index >= 15 is 0 Å². The summed E-state index contributed by atoms with van der Waals surface area (Å²) in [5.74, 6) is -0.128. The molecule has 2 bridgehead atoms. The molecule has 6 atom stereocenters. The summed E-state index contributed by atoms with van der Waals surface area (Å²) in [5, 5.41) is 21.0. The van der Waals surface area contributed by atoms with Crippen molar-refractivity contribution < 1.29 is 19.7 Å². The Morgan fingerprint density at radius 1 is 1.47 bits per heavy atom. The molecule has 3 aliphatic rings. The molecule has 1 aliphatic heterocycles. The van der Waals surface area contributed by atoms with Crippen molar-refractivity contribution in [1.29, 1.82) is 0 Å². The number of allylic oxidation sites excluding steroid dienone is 1. The number of hydrogen-bond donors (Lipinski definition) is 2. The standard InChI is InChI=1S/C15H22O4/c1-8(2)9-6-10-12(17)15(13(18)19-10)5-4-11(16)14(15,3)7-9/h9-12,16-17H,1,4-7H2,2-3H3/t9-,10+,11+,12+,14-,15-/m1/s1. The lowest BCUT2D eigenvalue weighted by Gasteiger charge is -2.42. The Balaban J connectivity index is 2.12. The molecule has 0 amide bonds. The van der Waals surface area contributed by atoms with Gasteiger partial charge in [0.15, 0.2) is 0 Å². The number of hydrogen-bond acceptors (Lipinski definition) is 4. The van der Waals surface area contributed by atoms with Crippen molar-refractivity contribution in [2.45, 2.75) is 57.8 Å². The first-order valence-electron chi connectivity index (χ1n) is 7.05. The summed E-state index contributed by atoms with van der Waals surface area (Å²) in [5.41, 5.74) is -0.495. The first kappa shape index (κ1) is 13.1. The van der Waals surface area contributed by atoms with Crippen LogP contribution in [0.3, 0.4) is 0 Å². The Morgan fingerprint density at radius 2 is 2.16 bits per heavy atom. The molecule has 2 saturated carbocycles. The summed E-state index contributed by atoms with van der Waals surface area (Å²) in [7, 11) is 0. The van der Waals surface area contributed by atoms with Gasteiger partial charge in [-0.2, -0.15) is 0 Å². The zero-order valence-electron chi connectivity index (χ0n) is 11.6. The third kappa shape index (κ3) is 1.39. The van der Waals surface area contributed by atoms with Crippen LogP contribution in [0.5, 0.6) is 0 Å². The number of rotatable bonds is 1. The minimum absolute atomic E-state index is 0.187. The lowest BCUT2D eigenvalue weighted by Crippen LogP contribution is -2.50. The van der Waals surface area contributed by atoms with E-state index in [9.17, 15) is 15.0 Å². The predicted octanol–water partition coefficient (Wildman–Crippen LogP) is 1.41. The quantitative estimate of drug-likeness (QED) is 0.556. The highest BCUT2D eigenvalue weighted by atomic mass is 16.6. The molecule has 0 aromatic rings. The summed E-state index contributed by atoms with van der Waals surface area (Å²) in [4.78, 5) is 12.3. The molecular formula is C15H22O4. The summed E-state index contributed by atoms with van der Waals surface area (Å²) in [6.07, 6.45) is 0.585. The SMILES string of the molecule is C=C(C)[C@@H]1C[C@@H]2OC(=O)[C@@]3(CC[C@H](O)[C@@]3(C)C1)[C@H]2O. The first-order valence-corrected chi connectivity index (χ1v) is 7.05. The third-order valence-electron chi connectivity index (χ3n) is 5.93. The van der Waals surface area contributed by atoms with Crippen molar-refractivity contribution in [3.63, 3.8) is 0 Å². The van der Waals surface area contributed by atoms with Crippen LogP contribution in [0.15, 0.2) is 12.2 Å². The largest absolute Gasteiger partial charge is 0.459 e. The molecule has 1 spiro atoms. The Hall–Kier alpha value is -0.870. The van der Waals surface area contributed by atoms with E-state index in [0.29, 0.717) is 25.7 Å². The molecule has 2 N–H and O–H groups in total. The van der Waals surface area contributed by atoms with Crippen LogP contribution in [0.2, 0.25) is 0 Å². The maximum absolute atomic E-state index is 12.3. The zero-order valence-corrected chi connectivity index (χ0v) is 11.6. The highest BCUT2D eigenvalue weighted by Gasteiger charge is 2.72. The molecular weight excluding hydrogens is 244 g/mol. The van der Waals surface area contributed by atoms with Crippen molar-refractivity contribution in [2.24, 2.45) is 16.7 Å². The maximum atomic E-state index is 12.3. The topological polar surface area (TPSA) is 66.8 Å². The lowest BCUT2D eigenvalue weighted by molar-refractivity contribution is -0.160. The summed E-state index contributed by atoms with van der Waals surface area (Å²) in [6.45, 7) is 7.91. The second-order valence-electron chi connectivity index (χ2n) is 6.81. The smallest absolute Gasteiger partial charge is 0.315 e. The fourth-order valence-corrected chi connectivity index (χ4v) is 4.58. The number of ether oxygens (including phenoxy) is 1. The van der Waals surface area contributed by atoms with E-state index in [1.165, 1.54) is 0 Å². The van der Waals surface area contributed by atoms with Gasteiger partial charge in [-0.05, 0) is 38.5 Å². The average Bonchev–Trinajstić information content (AvgIpc) is 2.68. The molecule has 0 aromatic carbocycles. The number of esters is 1. The molecule has 106 valence electrons. The van der Waals surface area contributed by atoms with E-state index in [1.807, 2.05) is 13.8 Å². The van der Waals surface area contributed by atoms with Crippen molar-refractivity contribution in [2.75, 3.05) is 0 Å². The van der Waals surface area contributed by atoms with Crippen molar-refractivity contribution in [3.05, 3.63) is 12.2 Å². The molecule has 0 unspecified atom stereocenters. The van der Waals surface area contributed by atoms with Crippen molar-refractivity contribution in [3.8, 4) is 0 Å². The lowest BCUT2D eigenvalue weighted by atomic mass is 9.61. The van der Waals surface area contributed by atoms with E-state index in [-0.39, 0.29) is 11.9 Å². The van der Waals surface area contributed by atoms with Gasteiger partial charge >= 0.3 is 5.97 Å². The molecule has 1 heterocycles. The van der Waals surface area contributed by atoms with Gasteiger partial charge < -0.3 is 14.9 Å². The minimum atomic E-state index is -0.915. The monoisotopic (exact) mass is 266 g/mol. The molecule has 19 heavy (non-hydrogen) atoms.